The number of nitrogens with one attached hydrogen (secondary N) is 1. The summed E-state index contributed by atoms with van der Waals surface area (Å²) in [6.07, 6.45) is 0.434. The van der Waals surface area contributed by atoms with Crippen LogP contribution in [0.4, 0.5) is 14.6 Å². The summed E-state index contributed by atoms with van der Waals surface area (Å²) >= 11 is 0. The number of piperidine rings is 1. The van der Waals surface area contributed by atoms with E-state index >= 15 is 0 Å². The molecule has 0 aromatic carbocycles. The number of anilines is 1. The molecule has 0 aliphatic carbocycles. The molecule has 6 heteroatoms. The third kappa shape index (κ3) is 2.08. The van der Waals surface area contributed by atoms with Gasteiger partial charge in [-0.05, 0) is 25.5 Å². The lowest BCUT2D eigenvalue weighted by Gasteiger charge is -2.41. The van der Waals surface area contributed by atoms with Crippen LogP contribution in [0.3, 0.4) is 0 Å². The maximum Gasteiger partial charge on any atom is 0.257 e. The van der Waals surface area contributed by atoms with Crippen molar-refractivity contribution >= 4 is 5.82 Å². The molecule has 4 nitrogen and oxygen atoms in total. The maximum atomic E-state index is 14.2. The molecule has 1 aromatic heterocycles. The Labute approximate surface area is 111 Å². The second-order valence-corrected chi connectivity index (χ2v) is 5.62. The molecule has 19 heavy (non-hydrogen) atoms. The summed E-state index contributed by atoms with van der Waals surface area (Å²) in [6.45, 7) is 3.62. The number of halogens is 2. The molecule has 3 rings (SSSR count). The first-order chi connectivity index (χ1) is 9.02. The van der Waals surface area contributed by atoms with Gasteiger partial charge < -0.3 is 10.2 Å². The molecule has 2 saturated heterocycles. The van der Waals surface area contributed by atoms with E-state index in [0.29, 0.717) is 38.4 Å². The number of rotatable bonds is 1. The monoisotopic (exact) mass is 268 g/mol. The molecule has 2 aliphatic rings. The lowest BCUT2D eigenvalue weighted by atomic mass is 9.76. The Morgan fingerprint density at radius 2 is 2.11 bits per heavy atom. The van der Waals surface area contributed by atoms with E-state index in [1.807, 2.05) is 24.0 Å². The van der Waals surface area contributed by atoms with Gasteiger partial charge in [0.25, 0.3) is 5.92 Å². The Kier molecular flexibility index (Phi) is 2.92. The van der Waals surface area contributed by atoms with Crippen LogP contribution in [0.1, 0.15) is 18.5 Å². The molecule has 1 aromatic rings. The highest BCUT2D eigenvalue weighted by Gasteiger charge is 2.57. The largest absolute Gasteiger partial charge is 0.354 e. The van der Waals surface area contributed by atoms with Gasteiger partial charge in [0.05, 0.1) is 11.1 Å². The Morgan fingerprint density at radius 1 is 1.26 bits per heavy atom. The van der Waals surface area contributed by atoms with Gasteiger partial charge in [-0.1, -0.05) is 0 Å². The van der Waals surface area contributed by atoms with E-state index in [1.54, 1.807) is 0 Å². The molecule has 0 unspecified atom stereocenters. The van der Waals surface area contributed by atoms with E-state index in [-0.39, 0.29) is 6.42 Å². The molecule has 0 radical (unpaired) electrons. The van der Waals surface area contributed by atoms with Crippen LogP contribution in [-0.2, 0) is 0 Å². The number of nitrogens with zero attached hydrogens (tertiary/aromatic N) is 3. The Morgan fingerprint density at radius 3 is 2.79 bits per heavy atom. The Bertz CT molecular complexity index is 462. The SMILES string of the molecule is Cc1ccc(N2CC[C@@]3(CNCCC3(F)F)C2)nn1. The molecule has 104 valence electrons. The van der Waals surface area contributed by atoms with Gasteiger partial charge in [-0.2, -0.15) is 5.10 Å². The summed E-state index contributed by atoms with van der Waals surface area (Å²) in [5.41, 5.74) is -0.111. The highest BCUT2D eigenvalue weighted by atomic mass is 19.3. The third-order valence-electron chi connectivity index (χ3n) is 4.32. The van der Waals surface area contributed by atoms with Gasteiger partial charge in [-0.3, -0.25) is 0 Å². The summed E-state index contributed by atoms with van der Waals surface area (Å²) < 4.78 is 28.4. The Hall–Kier alpha value is -1.30. The van der Waals surface area contributed by atoms with Crippen LogP contribution in [0, 0.1) is 12.3 Å². The average molecular weight is 268 g/mol. The third-order valence-corrected chi connectivity index (χ3v) is 4.32. The van der Waals surface area contributed by atoms with Crippen molar-refractivity contribution in [2.75, 3.05) is 31.1 Å². The first-order valence-corrected chi connectivity index (χ1v) is 6.66. The topological polar surface area (TPSA) is 41.0 Å². The number of aryl methyl sites for hydroxylation is 1. The molecule has 3 heterocycles. The molecule has 0 bridgehead atoms. The molecule has 1 N–H and O–H groups in total. The number of hydrogen-bond acceptors (Lipinski definition) is 4. The van der Waals surface area contributed by atoms with Crippen molar-refractivity contribution in [2.24, 2.45) is 5.41 Å². The first kappa shape index (κ1) is 12.7. The zero-order valence-corrected chi connectivity index (χ0v) is 11.0. The van der Waals surface area contributed by atoms with E-state index in [1.165, 1.54) is 0 Å². The van der Waals surface area contributed by atoms with E-state index in [2.05, 4.69) is 15.5 Å². The maximum absolute atomic E-state index is 14.2. The zero-order chi connectivity index (χ0) is 13.5. The van der Waals surface area contributed by atoms with E-state index in [4.69, 9.17) is 0 Å². The first-order valence-electron chi connectivity index (χ1n) is 6.66. The fraction of sp³-hybridized carbons (Fsp3) is 0.692. The van der Waals surface area contributed by atoms with E-state index in [9.17, 15) is 8.78 Å². The van der Waals surface area contributed by atoms with Crippen molar-refractivity contribution in [3.05, 3.63) is 17.8 Å². The van der Waals surface area contributed by atoms with Crippen LogP contribution in [0.25, 0.3) is 0 Å². The van der Waals surface area contributed by atoms with Gasteiger partial charge >= 0.3 is 0 Å². The molecular formula is C13H18F2N4. The van der Waals surface area contributed by atoms with Gasteiger partial charge in [-0.25, -0.2) is 8.78 Å². The fourth-order valence-corrected chi connectivity index (χ4v) is 3.04. The van der Waals surface area contributed by atoms with Gasteiger partial charge in [0.2, 0.25) is 0 Å². The molecule has 1 spiro atoms. The highest BCUT2D eigenvalue weighted by Crippen LogP contribution is 2.48. The molecule has 0 saturated carbocycles. The molecule has 0 amide bonds. The van der Waals surface area contributed by atoms with E-state index < -0.39 is 11.3 Å². The van der Waals surface area contributed by atoms with Crippen molar-refractivity contribution in [1.82, 2.24) is 15.5 Å². The van der Waals surface area contributed by atoms with Crippen molar-refractivity contribution in [3.63, 3.8) is 0 Å². The molecule has 1 atom stereocenters. The molecule has 2 fully saturated rings. The van der Waals surface area contributed by atoms with Gasteiger partial charge in [0.1, 0.15) is 0 Å². The molecule has 2 aliphatic heterocycles. The summed E-state index contributed by atoms with van der Waals surface area (Å²) in [5, 5.41) is 11.2. The predicted molar refractivity (Wildman–Crippen MR) is 68.5 cm³/mol. The minimum Gasteiger partial charge on any atom is -0.354 e. The van der Waals surface area contributed by atoms with Crippen molar-refractivity contribution < 1.29 is 8.78 Å². The van der Waals surface area contributed by atoms with Gasteiger partial charge in [0.15, 0.2) is 5.82 Å². The Balaban J connectivity index is 1.81. The minimum atomic E-state index is -2.59. The van der Waals surface area contributed by atoms with Crippen LogP contribution < -0.4 is 10.2 Å². The zero-order valence-electron chi connectivity index (χ0n) is 11.0. The molecular weight excluding hydrogens is 250 g/mol. The quantitative estimate of drug-likeness (QED) is 0.840. The number of hydrogen-bond donors (Lipinski definition) is 1. The highest BCUT2D eigenvalue weighted by molar-refractivity contribution is 5.40. The lowest BCUT2D eigenvalue weighted by Crippen LogP contribution is -2.55. The van der Waals surface area contributed by atoms with Gasteiger partial charge in [-0.15, -0.1) is 5.10 Å². The van der Waals surface area contributed by atoms with Crippen LogP contribution in [-0.4, -0.2) is 42.3 Å². The number of alkyl halides is 2. The summed E-state index contributed by atoms with van der Waals surface area (Å²) in [6, 6.07) is 3.72. The normalized spacial score (nSPS) is 29.9. The average Bonchev–Trinajstić information content (AvgIpc) is 2.80. The second-order valence-electron chi connectivity index (χ2n) is 5.62. The van der Waals surface area contributed by atoms with Crippen molar-refractivity contribution in [2.45, 2.75) is 25.7 Å². The lowest BCUT2D eigenvalue weighted by molar-refractivity contribution is -0.131. The summed E-state index contributed by atoms with van der Waals surface area (Å²) in [7, 11) is 0. The van der Waals surface area contributed by atoms with Crippen molar-refractivity contribution in [1.29, 1.82) is 0 Å². The van der Waals surface area contributed by atoms with Crippen LogP contribution in [0.15, 0.2) is 12.1 Å². The van der Waals surface area contributed by atoms with E-state index in [0.717, 1.165) is 5.69 Å². The summed E-state index contributed by atoms with van der Waals surface area (Å²) in [5.74, 6) is -1.89. The standard InChI is InChI=1S/C13H18F2N4/c1-10-2-3-11(18-17-10)19-7-5-12(9-19)8-16-6-4-13(12,14)15/h2-3,16H,4-9H2,1H3/t12-/m1/s1. The minimum absolute atomic E-state index is 0.0690. The predicted octanol–water partition coefficient (Wildman–Crippen LogP) is 1.61. The number of aromatic nitrogens is 2. The van der Waals surface area contributed by atoms with Crippen LogP contribution in [0.5, 0.6) is 0 Å². The van der Waals surface area contributed by atoms with Crippen LogP contribution in [0.2, 0.25) is 0 Å². The second kappa shape index (κ2) is 4.37. The fourth-order valence-electron chi connectivity index (χ4n) is 3.04. The smallest absolute Gasteiger partial charge is 0.257 e. The van der Waals surface area contributed by atoms with Crippen LogP contribution >= 0.6 is 0 Å². The van der Waals surface area contributed by atoms with Gasteiger partial charge in [0, 0.05) is 32.6 Å². The summed E-state index contributed by atoms with van der Waals surface area (Å²) in [4.78, 5) is 1.92. The van der Waals surface area contributed by atoms with Crippen molar-refractivity contribution in [3.8, 4) is 0 Å².